The zero-order valence-electron chi connectivity index (χ0n) is 18.2. The highest BCUT2D eigenvalue weighted by atomic mass is 16.5. The number of amides is 1. The van der Waals surface area contributed by atoms with Crippen LogP contribution in [-0.2, 0) is 4.79 Å². The molecule has 3 aromatic rings. The van der Waals surface area contributed by atoms with E-state index in [0.717, 1.165) is 6.42 Å². The number of fused-ring (bicyclic) bond motifs is 1. The van der Waals surface area contributed by atoms with E-state index >= 15 is 0 Å². The Kier molecular flexibility index (Phi) is 5.64. The van der Waals surface area contributed by atoms with E-state index in [1.807, 2.05) is 18.2 Å². The highest BCUT2D eigenvalue weighted by molar-refractivity contribution is 5.94. The zero-order chi connectivity index (χ0) is 23.7. The number of rotatable bonds is 6. The Labute approximate surface area is 196 Å². The van der Waals surface area contributed by atoms with E-state index in [0.29, 0.717) is 35.0 Å². The molecule has 7 heteroatoms. The van der Waals surface area contributed by atoms with Gasteiger partial charge < -0.3 is 19.9 Å². The van der Waals surface area contributed by atoms with Crippen LogP contribution in [0, 0.1) is 11.3 Å². The van der Waals surface area contributed by atoms with Crippen LogP contribution in [0.1, 0.15) is 51.7 Å². The van der Waals surface area contributed by atoms with E-state index in [-0.39, 0.29) is 29.9 Å². The number of ether oxygens (including phenoxy) is 2. The molecule has 3 aromatic carbocycles. The third-order valence-electron chi connectivity index (χ3n) is 6.25. The van der Waals surface area contributed by atoms with Gasteiger partial charge in [0.1, 0.15) is 23.3 Å². The van der Waals surface area contributed by atoms with Crippen molar-refractivity contribution in [1.82, 2.24) is 5.32 Å². The highest BCUT2D eigenvalue weighted by Crippen LogP contribution is 2.41. The van der Waals surface area contributed by atoms with Gasteiger partial charge in [-0.15, -0.1) is 0 Å². The Morgan fingerprint density at radius 2 is 1.85 bits per heavy atom. The number of hydrogen-bond donors (Lipinski definition) is 2. The number of benzene rings is 3. The van der Waals surface area contributed by atoms with Crippen LogP contribution in [0.5, 0.6) is 17.2 Å². The van der Waals surface area contributed by atoms with Gasteiger partial charge in [-0.1, -0.05) is 30.3 Å². The summed E-state index contributed by atoms with van der Waals surface area (Å²) in [6.07, 6.45) is 1.28. The van der Waals surface area contributed by atoms with Crippen LogP contribution >= 0.6 is 0 Å². The molecule has 7 nitrogen and oxygen atoms in total. The van der Waals surface area contributed by atoms with E-state index in [1.54, 1.807) is 30.3 Å². The molecule has 0 saturated heterocycles. The summed E-state index contributed by atoms with van der Waals surface area (Å²) in [5, 5.41) is 22.1. The minimum atomic E-state index is -0.947. The summed E-state index contributed by atoms with van der Waals surface area (Å²) in [6, 6.07) is 22.1. The fraction of sp³-hybridized carbons (Fsp3) is 0.222. The Morgan fingerprint density at radius 1 is 1.09 bits per heavy atom. The van der Waals surface area contributed by atoms with Gasteiger partial charge in [0.2, 0.25) is 0 Å². The molecule has 1 amide bonds. The molecular weight excluding hydrogens is 432 g/mol. The van der Waals surface area contributed by atoms with Crippen molar-refractivity contribution in [2.24, 2.45) is 0 Å². The standard InChI is InChI=1S/C27H22N2O5/c28-15-18-12-22-20(27(31)32)10-11-33-25(22)14-24(18)34-19-8-6-17(7-9-19)26(30)29-23-13-21(23)16-4-2-1-3-5-16/h1-9,12,14,20-21,23H,10-11,13H2,(H,29,30)(H,31,32). The van der Waals surface area contributed by atoms with E-state index < -0.39 is 11.9 Å². The fourth-order valence-electron chi connectivity index (χ4n) is 4.32. The van der Waals surface area contributed by atoms with Gasteiger partial charge in [0.05, 0.1) is 18.1 Å². The third-order valence-corrected chi connectivity index (χ3v) is 6.25. The Balaban J connectivity index is 1.27. The van der Waals surface area contributed by atoms with Gasteiger partial charge in [-0.2, -0.15) is 5.26 Å². The van der Waals surface area contributed by atoms with Crippen molar-refractivity contribution in [2.45, 2.75) is 30.7 Å². The molecule has 1 saturated carbocycles. The number of carbonyl (C=O) groups excluding carboxylic acids is 1. The number of carboxylic acids is 1. The van der Waals surface area contributed by atoms with Crippen LogP contribution in [0.4, 0.5) is 0 Å². The van der Waals surface area contributed by atoms with Crippen molar-refractivity contribution in [1.29, 1.82) is 5.26 Å². The van der Waals surface area contributed by atoms with Crippen LogP contribution in [-0.4, -0.2) is 29.6 Å². The zero-order valence-corrected chi connectivity index (χ0v) is 18.2. The van der Waals surface area contributed by atoms with Crippen molar-refractivity contribution >= 4 is 11.9 Å². The summed E-state index contributed by atoms with van der Waals surface area (Å²) in [4.78, 5) is 24.2. The summed E-state index contributed by atoms with van der Waals surface area (Å²) in [5.41, 5.74) is 2.44. The topological polar surface area (TPSA) is 109 Å². The number of carboxylic acid groups (broad SMARTS) is 1. The van der Waals surface area contributed by atoms with Gasteiger partial charge in [0.25, 0.3) is 5.91 Å². The smallest absolute Gasteiger partial charge is 0.311 e. The highest BCUT2D eigenvalue weighted by Gasteiger charge is 2.39. The molecule has 1 aliphatic carbocycles. The predicted molar refractivity (Wildman–Crippen MR) is 123 cm³/mol. The van der Waals surface area contributed by atoms with Crippen LogP contribution in [0.2, 0.25) is 0 Å². The second-order valence-electron chi connectivity index (χ2n) is 8.49. The van der Waals surface area contributed by atoms with Crippen molar-refractivity contribution in [2.75, 3.05) is 6.61 Å². The van der Waals surface area contributed by atoms with Gasteiger partial charge in [-0.3, -0.25) is 9.59 Å². The van der Waals surface area contributed by atoms with Gasteiger partial charge >= 0.3 is 5.97 Å². The molecule has 3 atom stereocenters. The van der Waals surface area contributed by atoms with E-state index in [4.69, 9.17) is 9.47 Å². The maximum atomic E-state index is 12.6. The van der Waals surface area contributed by atoms with Gasteiger partial charge in [-0.25, -0.2) is 0 Å². The Bertz CT molecular complexity index is 1280. The molecule has 1 fully saturated rings. The van der Waals surface area contributed by atoms with E-state index in [9.17, 15) is 20.0 Å². The molecule has 34 heavy (non-hydrogen) atoms. The molecule has 0 radical (unpaired) electrons. The number of carbonyl (C=O) groups is 2. The lowest BCUT2D eigenvalue weighted by molar-refractivity contribution is -0.139. The number of hydrogen-bond acceptors (Lipinski definition) is 5. The lowest BCUT2D eigenvalue weighted by Gasteiger charge is -2.24. The van der Waals surface area contributed by atoms with E-state index in [1.165, 1.54) is 11.6 Å². The lowest BCUT2D eigenvalue weighted by atomic mass is 9.91. The van der Waals surface area contributed by atoms with Gasteiger partial charge in [-0.05, 0) is 48.7 Å². The van der Waals surface area contributed by atoms with Crippen molar-refractivity contribution in [3.8, 4) is 23.3 Å². The summed E-state index contributed by atoms with van der Waals surface area (Å²) < 4.78 is 11.5. The van der Waals surface area contributed by atoms with E-state index in [2.05, 4.69) is 23.5 Å². The molecule has 170 valence electrons. The van der Waals surface area contributed by atoms with Crippen molar-refractivity contribution in [3.63, 3.8) is 0 Å². The van der Waals surface area contributed by atoms with Crippen molar-refractivity contribution < 1.29 is 24.2 Å². The maximum absolute atomic E-state index is 12.6. The second kappa shape index (κ2) is 8.91. The summed E-state index contributed by atoms with van der Waals surface area (Å²) in [6.45, 7) is 0.283. The summed E-state index contributed by atoms with van der Waals surface area (Å²) in [7, 11) is 0. The Hall–Kier alpha value is -4.31. The molecule has 2 N–H and O–H groups in total. The monoisotopic (exact) mass is 454 g/mol. The molecule has 2 aliphatic rings. The first kappa shape index (κ1) is 21.5. The lowest BCUT2D eigenvalue weighted by Crippen LogP contribution is -2.26. The van der Waals surface area contributed by atoms with Crippen LogP contribution in [0.3, 0.4) is 0 Å². The molecule has 5 rings (SSSR count). The fourth-order valence-corrected chi connectivity index (χ4v) is 4.32. The minimum Gasteiger partial charge on any atom is -0.493 e. The molecular formula is C27H22N2O5. The third kappa shape index (κ3) is 4.30. The first-order valence-corrected chi connectivity index (χ1v) is 11.1. The molecule has 0 aromatic heterocycles. The molecule has 1 aliphatic heterocycles. The second-order valence-corrected chi connectivity index (χ2v) is 8.49. The first-order chi connectivity index (χ1) is 16.5. The number of aliphatic carboxylic acids is 1. The first-order valence-electron chi connectivity index (χ1n) is 11.1. The molecule has 1 heterocycles. The quantitative estimate of drug-likeness (QED) is 0.564. The van der Waals surface area contributed by atoms with Gasteiger partial charge in [0.15, 0.2) is 0 Å². The summed E-state index contributed by atoms with van der Waals surface area (Å²) in [5.74, 6) is -0.326. The minimum absolute atomic E-state index is 0.133. The Morgan fingerprint density at radius 3 is 2.56 bits per heavy atom. The van der Waals surface area contributed by atoms with Crippen LogP contribution in [0.15, 0.2) is 66.7 Å². The number of nitriles is 1. The van der Waals surface area contributed by atoms with Crippen molar-refractivity contribution in [3.05, 3.63) is 89.0 Å². The normalized spacial score (nSPS) is 20.3. The predicted octanol–water partition coefficient (Wildman–Crippen LogP) is 4.59. The number of nitrogens with zero attached hydrogens (tertiary/aromatic N) is 1. The SMILES string of the molecule is N#Cc1cc2c(cc1Oc1ccc(C(=O)NC3CC3c3ccccc3)cc1)OCCC2C(=O)O. The summed E-state index contributed by atoms with van der Waals surface area (Å²) >= 11 is 0. The maximum Gasteiger partial charge on any atom is 0.311 e. The largest absolute Gasteiger partial charge is 0.493 e. The average Bonchev–Trinajstić information content (AvgIpc) is 3.63. The molecule has 3 unspecified atom stereocenters. The van der Waals surface area contributed by atoms with Crippen LogP contribution < -0.4 is 14.8 Å². The average molecular weight is 454 g/mol. The van der Waals surface area contributed by atoms with Crippen LogP contribution in [0.25, 0.3) is 0 Å². The number of nitrogens with one attached hydrogen (secondary N) is 1. The molecule has 0 spiro atoms. The molecule has 0 bridgehead atoms. The van der Waals surface area contributed by atoms with Gasteiger partial charge in [0, 0.05) is 29.2 Å².